The first kappa shape index (κ1) is 13.1. The molecule has 1 amide bonds. The van der Waals surface area contributed by atoms with Gasteiger partial charge in [-0.3, -0.25) is 14.2 Å². The molecule has 1 fully saturated rings. The molecule has 0 spiro atoms. The number of carbonyl (C=O) groups is 1. The molecule has 1 saturated heterocycles. The van der Waals surface area contributed by atoms with Crippen molar-refractivity contribution in [2.24, 2.45) is 5.92 Å². The number of imidazole rings is 1. The third-order valence-corrected chi connectivity index (χ3v) is 3.83. The average molecular weight is 273 g/mol. The first-order valence-corrected chi connectivity index (χ1v) is 6.96. The average Bonchev–Trinajstić information content (AvgIpc) is 2.88. The van der Waals surface area contributed by atoms with E-state index in [0.29, 0.717) is 6.54 Å². The lowest BCUT2D eigenvalue weighted by atomic mass is 9.97. The molecular formula is C14H19N5O. The van der Waals surface area contributed by atoms with Crippen LogP contribution in [0.1, 0.15) is 18.5 Å². The molecule has 20 heavy (non-hydrogen) atoms. The van der Waals surface area contributed by atoms with Crippen LogP contribution in [0.2, 0.25) is 0 Å². The highest BCUT2D eigenvalue weighted by Gasteiger charge is 2.23. The van der Waals surface area contributed by atoms with Crippen molar-refractivity contribution < 1.29 is 4.79 Å². The monoisotopic (exact) mass is 273 g/mol. The quantitative estimate of drug-likeness (QED) is 0.893. The molecule has 1 atom stereocenters. The predicted octanol–water partition coefficient (Wildman–Crippen LogP) is 0.687. The van der Waals surface area contributed by atoms with Gasteiger partial charge in [-0.1, -0.05) is 0 Å². The third kappa shape index (κ3) is 2.65. The Labute approximate surface area is 117 Å². The lowest BCUT2D eigenvalue weighted by Crippen LogP contribution is -2.41. The molecule has 0 saturated carbocycles. The molecule has 3 heterocycles. The van der Waals surface area contributed by atoms with Gasteiger partial charge in [0.25, 0.3) is 0 Å². The van der Waals surface area contributed by atoms with Crippen LogP contribution >= 0.6 is 0 Å². The van der Waals surface area contributed by atoms with Crippen LogP contribution in [0.3, 0.4) is 0 Å². The zero-order chi connectivity index (χ0) is 13.9. The molecule has 1 aliphatic heterocycles. The number of amides is 1. The normalized spacial score (nSPS) is 20.1. The highest BCUT2D eigenvalue weighted by molar-refractivity contribution is 5.78. The third-order valence-electron chi connectivity index (χ3n) is 3.83. The Hall–Kier alpha value is -1.95. The van der Waals surface area contributed by atoms with Gasteiger partial charge in [0.2, 0.25) is 5.91 Å². The standard InChI is InChI=1S/C14H19N5O/c1-18-5-2-3-11(10-18)14(20)17-8-12-7-16-13-9-15-4-6-19(12)13/h4,6-7,9,11H,2-3,5,8,10H2,1H3,(H,17,20)/t11-/m0/s1. The van der Waals surface area contributed by atoms with Crippen LogP contribution in [-0.4, -0.2) is 45.3 Å². The van der Waals surface area contributed by atoms with Gasteiger partial charge in [0.15, 0.2) is 5.65 Å². The van der Waals surface area contributed by atoms with Gasteiger partial charge in [0, 0.05) is 18.9 Å². The summed E-state index contributed by atoms with van der Waals surface area (Å²) in [6.45, 7) is 2.44. The number of aromatic nitrogens is 3. The molecule has 6 nitrogen and oxygen atoms in total. The van der Waals surface area contributed by atoms with Crippen LogP contribution in [0.5, 0.6) is 0 Å². The number of nitrogens with one attached hydrogen (secondary N) is 1. The van der Waals surface area contributed by atoms with Crippen molar-refractivity contribution in [1.29, 1.82) is 0 Å². The van der Waals surface area contributed by atoms with Gasteiger partial charge in [-0.2, -0.15) is 0 Å². The van der Waals surface area contributed by atoms with Crippen LogP contribution in [0.15, 0.2) is 24.8 Å². The Bertz CT molecular complexity index is 608. The van der Waals surface area contributed by atoms with Crippen LogP contribution in [0.4, 0.5) is 0 Å². The minimum atomic E-state index is 0.106. The summed E-state index contributed by atoms with van der Waals surface area (Å²) in [6.07, 6.45) is 9.14. The van der Waals surface area contributed by atoms with E-state index in [1.807, 2.05) is 10.6 Å². The van der Waals surface area contributed by atoms with Crippen molar-refractivity contribution in [3.05, 3.63) is 30.5 Å². The number of rotatable bonds is 3. The first-order valence-electron chi connectivity index (χ1n) is 6.96. The molecule has 3 rings (SSSR count). The maximum atomic E-state index is 12.2. The van der Waals surface area contributed by atoms with Crippen molar-refractivity contribution in [1.82, 2.24) is 24.6 Å². The molecule has 0 aromatic carbocycles. The van der Waals surface area contributed by atoms with E-state index in [9.17, 15) is 4.79 Å². The number of piperidine rings is 1. The smallest absolute Gasteiger partial charge is 0.224 e. The summed E-state index contributed by atoms with van der Waals surface area (Å²) in [4.78, 5) is 22.7. The van der Waals surface area contributed by atoms with Gasteiger partial charge in [-0.15, -0.1) is 0 Å². The number of carbonyl (C=O) groups excluding carboxylic acids is 1. The summed E-state index contributed by atoms with van der Waals surface area (Å²) >= 11 is 0. The molecular weight excluding hydrogens is 254 g/mol. The molecule has 0 radical (unpaired) electrons. The molecule has 6 heteroatoms. The zero-order valence-electron chi connectivity index (χ0n) is 11.6. The fourth-order valence-corrected chi connectivity index (χ4v) is 2.73. The second kappa shape index (κ2) is 5.58. The molecule has 2 aromatic heterocycles. The van der Waals surface area contributed by atoms with Gasteiger partial charge in [-0.25, -0.2) is 4.98 Å². The molecule has 0 aliphatic carbocycles. The van der Waals surface area contributed by atoms with E-state index in [-0.39, 0.29) is 11.8 Å². The second-order valence-corrected chi connectivity index (χ2v) is 5.37. The van der Waals surface area contributed by atoms with E-state index in [2.05, 4.69) is 27.2 Å². The SMILES string of the molecule is CN1CCC[C@H](C(=O)NCc2cnc3cnccn23)C1. The predicted molar refractivity (Wildman–Crippen MR) is 75.1 cm³/mol. The number of hydrogen-bond donors (Lipinski definition) is 1. The number of likely N-dealkylation sites (tertiary alicyclic amines) is 1. The maximum Gasteiger partial charge on any atom is 0.224 e. The van der Waals surface area contributed by atoms with E-state index in [0.717, 1.165) is 37.3 Å². The number of fused-ring (bicyclic) bond motifs is 1. The minimum Gasteiger partial charge on any atom is -0.350 e. The second-order valence-electron chi connectivity index (χ2n) is 5.37. The molecule has 1 N–H and O–H groups in total. The van der Waals surface area contributed by atoms with E-state index in [1.54, 1.807) is 18.6 Å². The summed E-state index contributed by atoms with van der Waals surface area (Å²) in [5.74, 6) is 0.246. The Balaban J connectivity index is 1.63. The first-order chi connectivity index (χ1) is 9.74. The number of hydrogen-bond acceptors (Lipinski definition) is 4. The summed E-state index contributed by atoms with van der Waals surface area (Å²) in [7, 11) is 2.07. The fourth-order valence-electron chi connectivity index (χ4n) is 2.73. The van der Waals surface area contributed by atoms with E-state index in [1.165, 1.54) is 0 Å². The van der Waals surface area contributed by atoms with Crippen molar-refractivity contribution in [2.45, 2.75) is 19.4 Å². The molecule has 0 bridgehead atoms. The summed E-state index contributed by atoms with van der Waals surface area (Å²) in [5, 5.41) is 3.02. The Morgan fingerprint density at radius 2 is 2.40 bits per heavy atom. The van der Waals surface area contributed by atoms with Gasteiger partial charge < -0.3 is 10.2 Å². The summed E-state index contributed by atoms with van der Waals surface area (Å²) in [5.41, 5.74) is 1.77. The maximum absolute atomic E-state index is 12.2. The van der Waals surface area contributed by atoms with Crippen LogP contribution in [0, 0.1) is 5.92 Å². The minimum absolute atomic E-state index is 0.106. The van der Waals surface area contributed by atoms with E-state index >= 15 is 0 Å². The largest absolute Gasteiger partial charge is 0.350 e. The van der Waals surface area contributed by atoms with Crippen molar-refractivity contribution in [2.75, 3.05) is 20.1 Å². The highest BCUT2D eigenvalue weighted by Crippen LogP contribution is 2.15. The lowest BCUT2D eigenvalue weighted by Gasteiger charge is -2.28. The summed E-state index contributed by atoms with van der Waals surface area (Å²) in [6, 6.07) is 0. The van der Waals surface area contributed by atoms with Gasteiger partial charge >= 0.3 is 0 Å². The lowest BCUT2D eigenvalue weighted by molar-refractivity contribution is -0.126. The Morgan fingerprint density at radius 3 is 3.25 bits per heavy atom. The van der Waals surface area contributed by atoms with Gasteiger partial charge in [0.1, 0.15) is 0 Å². The molecule has 2 aromatic rings. The number of nitrogens with zero attached hydrogens (tertiary/aromatic N) is 4. The molecule has 1 aliphatic rings. The van der Waals surface area contributed by atoms with Gasteiger partial charge in [-0.05, 0) is 26.4 Å². The highest BCUT2D eigenvalue weighted by atomic mass is 16.1. The van der Waals surface area contributed by atoms with E-state index in [4.69, 9.17) is 0 Å². The van der Waals surface area contributed by atoms with Crippen molar-refractivity contribution in [3.8, 4) is 0 Å². The molecule has 0 unspecified atom stereocenters. The Kier molecular flexibility index (Phi) is 3.64. The Morgan fingerprint density at radius 1 is 1.50 bits per heavy atom. The topological polar surface area (TPSA) is 62.5 Å². The van der Waals surface area contributed by atoms with Gasteiger partial charge in [0.05, 0.1) is 30.6 Å². The summed E-state index contributed by atoms with van der Waals surface area (Å²) < 4.78 is 1.94. The van der Waals surface area contributed by atoms with E-state index < -0.39 is 0 Å². The zero-order valence-corrected chi connectivity index (χ0v) is 11.6. The van der Waals surface area contributed by atoms with Crippen molar-refractivity contribution >= 4 is 11.6 Å². The van der Waals surface area contributed by atoms with Crippen LogP contribution in [-0.2, 0) is 11.3 Å². The van der Waals surface area contributed by atoms with Crippen LogP contribution in [0.25, 0.3) is 5.65 Å². The molecule has 106 valence electrons. The fraction of sp³-hybridized carbons (Fsp3) is 0.500. The van der Waals surface area contributed by atoms with Crippen molar-refractivity contribution in [3.63, 3.8) is 0 Å². The van der Waals surface area contributed by atoms with Crippen LogP contribution < -0.4 is 5.32 Å².